The molecule has 0 spiro atoms. The fourth-order valence-electron chi connectivity index (χ4n) is 2.48. The lowest BCUT2D eigenvalue weighted by Gasteiger charge is -2.19. The van der Waals surface area contributed by atoms with E-state index in [0.717, 1.165) is 18.6 Å². The zero-order valence-electron chi connectivity index (χ0n) is 9.66. The van der Waals surface area contributed by atoms with Gasteiger partial charge in [0.25, 0.3) is 0 Å². The highest BCUT2D eigenvalue weighted by molar-refractivity contribution is 5.89. The second kappa shape index (κ2) is 4.73. The van der Waals surface area contributed by atoms with E-state index in [4.69, 9.17) is 9.52 Å². The number of aryl methyl sites for hydroxylation is 1. The van der Waals surface area contributed by atoms with Crippen molar-refractivity contribution in [1.29, 1.82) is 0 Å². The normalized spacial score (nSPS) is 17.6. The van der Waals surface area contributed by atoms with Crippen molar-refractivity contribution in [2.24, 2.45) is 0 Å². The molecule has 0 bridgehead atoms. The van der Waals surface area contributed by atoms with E-state index in [-0.39, 0.29) is 0 Å². The Labute approximate surface area is 95.5 Å². The van der Waals surface area contributed by atoms with E-state index in [2.05, 4.69) is 0 Å². The van der Waals surface area contributed by atoms with Crippen LogP contribution in [0.4, 0.5) is 0 Å². The average Bonchev–Trinajstić information content (AvgIpc) is 2.74. The van der Waals surface area contributed by atoms with Crippen molar-refractivity contribution >= 4 is 5.97 Å². The highest BCUT2D eigenvalue weighted by Gasteiger charge is 2.23. The van der Waals surface area contributed by atoms with Gasteiger partial charge < -0.3 is 9.52 Å². The highest BCUT2D eigenvalue weighted by atomic mass is 16.4. The van der Waals surface area contributed by atoms with Crippen molar-refractivity contribution < 1.29 is 14.3 Å². The lowest BCUT2D eigenvalue weighted by molar-refractivity contribution is 0.0694. The number of hydrogen-bond acceptors (Lipinski definition) is 2. The second-order valence-corrected chi connectivity index (χ2v) is 4.48. The maximum absolute atomic E-state index is 11.0. The van der Waals surface area contributed by atoms with E-state index < -0.39 is 5.97 Å². The molecule has 0 unspecified atom stereocenters. The third-order valence-corrected chi connectivity index (χ3v) is 3.39. The Morgan fingerprint density at radius 2 is 2.12 bits per heavy atom. The highest BCUT2D eigenvalue weighted by Crippen LogP contribution is 2.34. The number of carbonyl (C=O) groups is 1. The molecule has 16 heavy (non-hydrogen) atoms. The van der Waals surface area contributed by atoms with Gasteiger partial charge in [0.05, 0.1) is 0 Å². The quantitative estimate of drug-likeness (QED) is 0.850. The monoisotopic (exact) mass is 222 g/mol. The van der Waals surface area contributed by atoms with Gasteiger partial charge in [-0.15, -0.1) is 0 Å². The summed E-state index contributed by atoms with van der Waals surface area (Å²) in [6.45, 7) is 1.93. The van der Waals surface area contributed by atoms with Crippen LogP contribution in [0, 0.1) is 0 Å². The van der Waals surface area contributed by atoms with Crippen LogP contribution in [0.2, 0.25) is 0 Å². The minimum Gasteiger partial charge on any atom is -0.478 e. The predicted molar refractivity (Wildman–Crippen MR) is 60.9 cm³/mol. The van der Waals surface area contributed by atoms with Crippen molar-refractivity contribution in [3.05, 3.63) is 23.2 Å². The first-order valence-corrected chi connectivity index (χ1v) is 6.08. The Bertz CT molecular complexity index is 373. The largest absolute Gasteiger partial charge is 0.478 e. The summed E-state index contributed by atoms with van der Waals surface area (Å²) in [6.07, 6.45) is 6.67. The van der Waals surface area contributed by atoms with Crippen molar-refractivity contribution in [2.75, 3.05) is 0 Å². The summed E-state index contributed by atoms with van der Waals surface area (Å²) < 4.78 is 5.68. The Hall–Kier alpha value is -1.25. The Balaban J connectivity index is 2.24. The van der Waals surface area contributed by atoms with Gasteiger partial charge in [-0.25, -0.2) is 4.79 Å². The molecule has 1 N–H and O–H groups in total. The molecule has 0 radical (unpaired) electrons. The minimum absolute atomic E-state index is 0.350. The molecule has 1 aromatic rings. The van der Waals surface area contributed by atoms with Gasteiger partial charge in [-0.05, 0) is 18.9 Å². The van der Waals surface area contributed by atoms with Crippen molar-refractivity contribution in [1.82, 2.24) is 0 Å². The average molecular weight is 222 g/mol. The molecule has 1 saturated carbocycles. The third-order valence-electron chi connectivity index (χ3n) is 3.39. The molecule has 3 heteroatoms. The van der Waals surface area contributed by atoms with Gasteiger partial charge in [-0.3, -0.25) is 0 Å². The number of hydrogen-bond donors (Lipinski definition) is 1. The predicted octanol–water partition coefficient (Wildman–Crippen LogP) is 3.59. The first kappa shape index (κ1) is 11.2. The van der Waals surface area contributed by atoms with E-state index >= 15 is 0 Å². The van der Waals surface area contributed by atoms with Gasteiger partial charge in [-0.1, -0.05) is 26.2 Å². The molecule has 1 heterocycles. The molecular formula is C13H18O3. The number of furan rings is 1. The Morgan fingerprint density at radius 1 is 1.44 bits per heavy atom. The number of aromatic carboxylic acids is 1. The van der Waals surface area contributed by atoms with Crippen LogP contribution in [0.25, 0.3) is 0 Å². The van der Waals surface area contributed by atoms with Crippen LogP contribution >= 0.6 is 0 Å². The fourth-order valence-corrected chi connectivity index (χ4v) is 2.48. The molecule has 3 nitrogen and oxygen atoms in total. The van der Waals surface area contributed by atoms with Gasteiger partial charge in [-0.2, -0.15) is 0 Å². The maximum Gasteiger partial charge on any atom is 0.339 e. The summed E-state index contributed by atoms with van der Waals surface area (Å²) in [7, 11) is 0. The van der Waals surface area contributed by atoms with Crippen molar-refractivity contribution in [2.45, 2.75) is 51.4 Å². The van der Waals surface area contributed by atoms with Crippen molar-refractivity contribution in [3.8, 4) is 0 Å². The SMILES string of the molecule is CCc1oc(C2CCCCC2)cc1C(=O)O. The van der Waals surface area contributed by atoms with E-state index in [0.29, 0.717) is 23.7 Å². The zero-order chi connectivity index (χ0) is 11.5. The molecule has 1 aromatic heterocycles. The van der Waals surface area contributed by atoms with Gasteiger partial charge in [0, 0.05) is 12.3 Å². The van der Waals surface area contributed by atoms with E-state index in [9.17, 15) is 4.79 Å². The summed E-state index contributed by atoms with van der Waals surface area (Å²) in [5.74, 6) is 1.07. The molecule has 1 aliphatic rings. The second-order valence-electron chi connectivity index (χ2n) is 4.48. The fraction of sp³-hybridized carbons (Fsp3) is 0.615. The molecular weight excluding hydrogens is 204 g/mol. The molecule has 0 saturated heterocycles. The standard InChI is InChI=1S/C13H18O3/c1-2-11-10(13(14)15)8-12(16-11)9-6-4-3-5-7-9/h8-9H,2-7H2,1H3,(H,14,15). The Kier molecular flexibility index (Phi) is 3.32. The summed E-state index contributed by atoms with van der Waals surface area (Å²) >= 11 is 0. The van der Waals surface area contributed by atoms with Gasteiger partial charge in [0.1, 0.15) is 17.1 Å². The van der Waals surface area contributed by atoms with Crippen LogP contribution in [0.3, 0.4) is 0 Å². The number of carboxylic acid groups (broad SMARTS) is 1. The van der Waals surface area contributed by atoms with E-state index in [1.807, 2.05) is 6.92 Å². The van der Waals surface area contributed by atoms with Gasteiger partial charge in [0.2, 0.25) is 0 Å². The summed E-state index contributed by atoms with van der Waals surface area (Å²) in [5, 5.41) is 9.05. The molecule has 1 fully saturated rings. The van der Waals surface area contributed by atoms with Crippen LogP contribution in [0.5, 0.6) is 0 Å². The summed E-state index contributed by atoms with van der Waals surface area (Å²) in [5.41, 5.74) is 0.350. The summed E-state index contributed by atoms with van der Waals surface area (Å²) in [6, 6.07) is 1.73. The van der Waals surface area contributed by atoms with Crippen molar-refractivity contribution in [3.63, 3.8) is 0 Å². The lowest BCUT2D eigenvalue weighted by atomic mass is 9.87. The van der Waals surface area contributed by atoms with Crippen LogP contribution in [-0.4, -0.2) is 11.1 Å². The van der Waals surface area contributed by atoms with Crippen LogP contribution < -0.4 is 0 Å². The minimum atomic E-state index is -0.873. The molecule has 0 aromatic carbocycles. The lowest BCUT2D eigenvalue weighted by Crippen LogP contribution is -2.03. The molecule has 2 rings (SSSR count). The first-order chi connectivity index (χ1) is 7.72. The first-order valence-electron chi connectivity index (χ1n) is 6.08. The third kappa shape index (κ3) is 2.13. The molecule has 88 valence electrons. The smallest absolute Gasteiger partial charge is 0.339 e. The van der Waals surface area contributed by atoms with Gasteiger partial charge >= 0.3 is 5.97 Å². The number of rotatable bonds is 3. The summed E-state index contributed by atoms with van der Waals surface area (Å²) in [4.78, 5) is 11.0. The number of carboxylic acids is 1. The van der Waals surface area contributed by atoms with E-state index in [1.54, 1.807) is 6.07 Å². The van der Waals surface area contributed by atoms with Crippen LogP contribution in [0.1, 0.15) is 66.8 Å². The molecule has 1 aliphatic carbocycles. The maximum atomic E-state index is 11.0. The van der Waals surface area contributed by atoms with E-state index in [1.165, 1.54) is 19.3 Å². The van der Waals surface area contributed by atoms with Crippen LogP contribution in [-0.2, 0) is 6.42 Å². The zero-order valence-corrected chi connectivity index (χ0v) is 9.66. The van der Waals surface area contributed by atoms with Crippen LogP contribution in [0.15, 0.2) is 10.5 Å². The molecule has 0 amide bonds. The molecule has 0 aliphatic heterocycles. The Morgan fingerprint density at radius 3 is 2.62 bits per heavy atom. The van der Waals surface area contributed by atoms with Gasteiger partial charge in [0.15, 0.2) is 0 Å². The molecule has 0 atom stereocenters. The topological polar surface area (TPSA) is 50.4 Å².